The fourth-order valence-corrected chi connectivity index (χ4v) is 2.83. The SMILES string of the molecule is COC(=O)C1=C(O)NC(C)=C(C(=O)OC(C)C)C1c1cccc([N+](=O)[O-])c1. The highest BCUT2D eigenvalue weighted by Crippen LogP contribution is 2.39. The van der Waals surface area contributed by atoms with Crippen LogP contribution in [-0.4, -0.2) is 35.2 Å². The molecule has 0 saturated carbocycles. The Hall–Kier alpha value is -3.36. The standard InChI is InChI=1S/C18H20N2O7/c1-9(2)27-18(23)13-10(3)19-16(21)15(17(22)26-4)14(13)11-6-5-7-12(8-11)20(24)25/h5-9,14,19,21H,1-4H3. The fraction of sp³-hybridized carbons (Fsp3) is 0.333. The molecule has 0 amide bonds. The van der Waals surface area contributed by atoms with Gasteiger partial charge in [0.15, 0.2) is 5.88 Å². The number of nitrogens with zero attached hydrogens (tertiary/aromatic N) is 1. The molecule has 0 radical (unpaired) electrons. The minimum atomic E-state index is -1.09. The Morgan fingerprint density at radius 1 is 1.26 bits per heavy atom. The second-order valence-electron chi connectivity index (χ2n) is 6.16. The first-order valence-electron chi connectivity index (χ1n) is 8.11. The summed E-state index contributed by atoms with van der Waals surface area (Å²) in [7, 11) is 1.13. The molecule has 27 heavy (non-hydrogen) atoms. The van der Waals surface area contributed by atoms with Crippen molar-refractivity contribution in [2.75, 3.05) is 7.11 Å². The molecule has 9 heteroatoms. The second kappa shape index (κ2) is 7.90. The van der Waals surface area contributed by atoms with Crippen LogP contribution in [0.15, 0.2) is 47.0 Å². The van der Waals surface area contributed by atoms with Crippen LogP contribution in [0.1, 0.15) is 32.3 Å². The van der Waals surface area contributed by atoms with Crippen molar-refractivity contribution >= 4 is 17.6 Å². The number of non-ortho nitro benzene ring substituents is 1. The third-order valence-electron chi connectivity index (χ3n) is 3.92. The second-order valence-corrected chi connectivity index (χ2v) is 6.16. The number of nitro groups is 1. The van der Waals surface area contributed by atoms with E-state index in [1.807, 2.05) is 0 Å². The van der Waals surface area contributed by atoms with Gasteiger partial charge in [-0.1, -0.05) is 12.1 Å². The number of ether oxygens (including phenoxy) is 2. The smallest absolute Gasteiger partial charge is 0.340 e. The number of carbonyl (C=O) groups excluding carboxylic acids is 2. The topological polar surface area (TPSA) is 128 Å². The monoisotopic (exact) mass is 376 g/mol. The van der Waals surface area contributed by atoms with Gasteiger partial charge in [-0.3, -0.25) is 10.1 Å². The molecule has 9 nitrogen and oxygen atoms in total. The Bertz CT molecular complexity index is 855. The van der Waals surface area contributed by atoms with Gasteiger partial charge >= 0.3 is 11.9 Å². The van der Waals surface area contributed by atoms with E-state index in [1.54, 1.807) is 13.8 Å². The van der Waals surface area contributed by atoms with Crippen molar-refractivity contribution < 1.29 is 29.1 Å². The number of aliphatic hydroxyl groups is 1. The highest BCUT2D eigenvalue weighted by molar-refractivity contribution is 5.99. The molecule has 1 heterocycles. The van der Waals surface area contributed by atoms with Crippen LogP contribution < -0.4 is 5.32 Å². The molecule has 0 aromatic heterocycles. The lowest BCUT2D eigenvalue weighted by molar-refractivity contribution is -0.384. The number of methoxy groups -OCH3 is 1. The molecule has 1 atom stereocenters. The molecule has 1 aliphatic rings. The zero-order valence-electron chi connectivity index (χ0n) is 15.3. The van der Waals surface area contributed by atoms with Crippen molar-refractivity contribution in [3.8, 4) is 0 Å². The predicted octanol–water partition coefficient (Wildman–Crippen LogP) is 2.45. The zero-order valence-corrected chi connectivity index (χ0v) is 15.3. The Morgan fingerprint density at radius 2 is 1.93 bits per heavy atom. The molecular formula is C18H20N2O7. The lowest BCUT2D eigenvalue weighted by Gasteiger charge is -2.29. The summed E-state index contributed by atoms with van der Waals surface area (Å²) in [6.45, 7) is 4.87. The van der Waals surface area contributed by atoms with Crippen LogP contribution in [0.25, 0.3) is 0 Å². The maximum absolute atomic E-state index is 12.7. The maximum atomic E-state index is 12.7. The van der Waals surface area contributed by atoms with E-state index in [1.165, 1.54) is 31.2 Å². The number of dihydropyridines is 1. The first-order chi connectivity index (χ1) is 12.7. The number of nitro benzene ring substituents is 1. The van der Waals surface area contributed by atoms with Gasteiger partial charge in [-0.25, -0.2) is 9.59 Å². The largest absolute Gasteiger partial charge is 0.494 e. The average Bonchev–Trinajstić information content (AvgIpc) is 2.59. The van der Waals surface area contributed by atoms with E-state index in [0.717, 1.165) is 7.11 Å². The Morgan fingerprint density at radius 3 is 2.48 bits per heavy atom. The quantitative estimate of drug-likeness (QED) is 0.456. The Kier molecular flexibility index (Phi) is 5.84. The Balaban J connectivity index is 2.69. The fourth-order valence-electron chi connectivity index (χ4n) is 2.83. The number of hydrogen-bond acceptors (Lipinski definition) is 8. The molecular weight excluding hydrogens is 356 g/mol. The summed E-state index contributed by atoms with van der Waals surface area (Å²) < 4.78 is 9.99. The normalized spacial score (nSPS) is 16.9. The molecule has 144 valence electrons. The van der Waals surface area contributed by atoms with E-state index in [2.05, 4.69) is 5.32 Å². The number of hydrogen-bond donors (Lipinski definition) is 2. The summed E-state index contributed by atoms with van der Waals surface area (Å²) in [5.41, 5.74) is 0.140. The molecule has 2 rings (SSSR count). The summed E-state index contributed by atoms with van der Waals surface area (Å²) in [4.78, 5) is 35.5. The van der Waals surface area contributed by atoms with Crippen molar-refractivity contribution in [2.45, 2.75) is 32.8 Å². The summed E-state index contributed by atoms with van der Waals surface area (Å²) in [5.74, 6) is -3.17. The highest BCUT2D eigenvalue weighted by atomic mass is 16.6. The number of rotatable bonds is 5. The van der Waals surface area contributed by atoms with Gasteiger partial charge in [-0.2, -0.15) is 0 Å². The molecule has 2 N–H and O–H groups in total. The van der Waals surface area contributed by atoms with Gasteiger partial charge < -0.3 is 19.9 Å². The van der Waals surface area contributed by atoms with E-state index in [4.69, 9.17) is 9.47 Å². The molecule has 1 unspecified atom stereocenters. The van der Waals surface area contributed by atoms with Crippen LogP contribution in [0, 0.1) is 10.1 Å². The van der Waals surface area contributed by atoms with Gasteiger partial charge in [0.1, 0.15) is 5.57 Å². The van der Waals surface area contributed by atoms with Crippen LogP contribution in [0.5, 0.6) is 0 Å². The third kappa shape index (κ3) is 4.08. The number of benzene rings is 1. The lowest BCUT2D eigenvalue weighted by atomic mass is 9.81. The summed E-state index contributed by atoms with van der Waals surface area (Å²) in [6.07, 6.45) is -0.426. The van der Waals surface area contributed by atoms with Gasteiger partial charge in [0.25, 0.3) is 5.69 Å². The molecule has 0 spiro atoms. The molecule has 1 aromatic rings. The van der Waals surface area contributed by atoms with E-state index >= 15 is 0 Å². The molecule has 0 bridgehead atoms. The van der Waals surface area contributed by atoms with Crippen molar-refractivity contribution in [3.63, 3.8) is 0 Å². The van der Waals surface area contributed by atoms with Gasteiger partial charge in [0.2, 0.25) is 0 Å². The number of aliphatic hydroxyl groups excluding tert-OH is 1. The first kappa shape index (κ1) is 20.0. The van der Waals surface area contributed by atoms with Crippen LogP contribution in [0.4, 0.5) is 5.69 Å². The van der Waals surface area contributed by atoms with E-state index < -0.39 is 34.8 Å². The van der Waals surface area contributed by atoms with Gasteiger partial charge in [0.05, 0.1) is 29.6 Å². The third-order valence-corrected chi connectivity index (χ3v) is 3.92. The number of carbonyl (C=O) groups is 2. The van der Waals surface area contributed by atoms with E-state index in [9.17, 15) is 24.8 Å². The van der Waals surface area contributed by atoms with E-state index in [-0.39, 0.29) is 28.1 Å². The molecule has 0 aliphatic carbocycles. The predicted molar refractivity (Wildman–Crippen MR) is 94.6 cm³/mol. The lowest BCUT2D eigenvalue weighted by Crippen LogP contribution is -2.33. The summed E-state index contributed by atoms with van der Waals surface area (Å²) in [6, 6.07) is 5.48. The minimum Gasteiger partial charge on any atom is -0.494 e. The number of nitrogens with one attached hydrogen (secondary N) is 1. The van der Waals surface area contributed by atoms with Gasteiger partial charge in [-0.05, 0) is 26.3 Å². The van der Waals surface area contributed by atoms with Crippen LogP contribution in [0.2, 0.25) is 0 Å². The van der Waals surface area contributed by atoms with Crippen LogP contribution in [0.3, 0.4) is 0 Å². The van der Waals surface area contributed by atoms with Crippen LogP contribution in [-0.2, 0) is 19.1 Å². The number of esters is 2. The van der Waals surface area contributed by atoms with Crippen molar-refractivity contribution in [3.05, 3.63) is 62.7 Å². The van der Waals surface area contributed by atoms with Crippen LogP contribution >= 0.6 is 0 Å². The number of allylic oxidation sites excluding steroid dienone is 1. The van der Waals surface area contributed by atoms with E-state index in [0.29, 0.717) is 0 Å². The maximum Gasteiger partial charge on any atom is 0.340 e. The average molecular weight is 376 g/mol. The van der Waals surface area contributed by atoms with Gasteiger partial charge in [0, 0.05) is 17.8 Å². The molecule has 1 aromatic carbocycles. The molecule has 0 saturated heterocycles. The van der Waals surface area contributed by atoms with Crippen molar-refractivity contribution in [2.24, 2.45) is 0 Å². The van der Waals surface area contributed by atoms with Crippen molar-refractivity contribution in [1.82, 2.24) is 5.32 Å². The highest BCUT2D eigenvalue weighted by Gasteiger charge is 2.39. The zero-order chi connectivity index (χ0) is 20.3. The van der Waals surface area contributed by atoms with Gasteiger partial charge in [-0.15, -0.1) is 0 Å². The summed E-state index contributed by atoms with van der Waals surface area (Å²) in [5, 5.41) is 24.0. The van der Waals surface area contributed by atoms with Crippen molar-refractivity contribution in [1.29, 1.82) is 0 Å². The first-order valence-corrected chi connectivity index (χ1v) is 8.11. The molecule has 0 fully saturated rings. The minimum absolute atomic E-state index is 0.0578. The Labute approximate surface area is 155 Å². The molecule has 1 aliphatic heterocycles. The summed E-state index contributed by atoms with van der Waals surface area (Å²) >= 11 is 0.